The summed E-state index contributed by atoms with van der Waals surface area (Å²) in [7, 11) is 0. The molecule has 1 saturated heterocycles. The molecule has 0 aromatic carbocycles. The van der Waals surface area contributed by atoms with E-state index in [2.05, 4.69) is 28.7 Å². The molecule has 2 N–H and O–H groups in total. The molecule has 1 aliphatic heterocycles. The van der Waals surface area contributed by atoms with Crippen LogP contribution in [0.1, 0.15) is 44.6 Å². The Labute approximate surface area is 110 Å². The van der Waals surface area contributed by atoms with E-state index in [1.165, 1.54) is 19.3 Å². The van der Waals surface area contributed by atoms with Gasteiger partial charge in [0.2, 0.25) is 0 Å². The summed E-state index contributed by atoms with van der Waals surface area (Å²) in [5, 5.41) is 0. The van der Waals surface area contributed by atoms with E-state index in [0.29, 0.717) is 11.2 Å². The highest BCUT2D eigenvalue weighted by Crippen LogP contribution is 2.37. The molecule has 0 radical (unpaired) electrons. The third-order valence-corrected chi connectivity index (χ3v) is 4.30. The predicted octanol–water partition coefficient (Wildman–Crippen LogP) is 2.38. The van der Waals surface area contributed by atoms with Gasteiger partial charge in [-0.1, -0.05) is 13.8 Å². The Balaban J connectivity index is 2.03. The summed E-state index contributed by atoms with van der Waals surface area (Å²) in [5.41, 5.74) is 7.23. The van der Waals surface area contributed by atoms with Crippen LogP contribution in [0.25, 0.3) is 0 Å². The van der Waals surface area contributed by atoms with Crippen molar-refractivity contribution < 1.29 is 0 Å². The first-order chi connectivity index (χ1) is 8.57. The van der Waals surface area contributed by atoms with E-state index in [9.17, 15) is 0 Å². The minimum Gasteiger partial charge on any atom is -0.384 e. The maximum Gasteiger partial charge on any atom is 0.144 e. The minimum absolute atomic E-state index is 0.509. The van der Waals surface area contributed by atoms with Crippen LogP contribution < -0.4 is 5.73 Å². The van der Waals surface area contributed by atoms with E-state index in [-0.39, 0.29) is 0 Å². The number of aromatic nitrogens is 2. The molecule has 4 nitrogen and oxygen atoms in total. The molecule has 1 aliphatic rings. The second kappa shape index (κ2) is 5.22. The molecule has 0 amide bonds. The monoisotopic (exact) mass is 248 g/mol. The molecule has 0 spiro atoms. The molecule has 0 unspecified atom stereocenters. The largest absolute Gasteiger partial charge is 0.384 e. The minimum atomic E-state index is 0.509. The van der Waals surface area contributed by atoms with E-state index in [4.69, 9.17) is 5.73 Å². The highest BCUT2D eigenvalue weighted by atomic mass is 15.2. The van der Waals surface area contributed by atoms with Crippen LogP contribution >= 0.6 is 0 Å². The summed E-state index contributed by atoms with van der Waals surface area (Å²) in [6, 6.07) is 1.82. The first-order valence-electron chi connectivity index (χ1n) is 6.89. The van der Waals surface area contributed by atoms with E-state index in [1.807, 2.05) is 13.0 Å². The molecule has 0 aliphatic carbocycles. The van der Waals surface area contributed by atoms with Crippen LogP contribution in [0, 0.1) is 12.3 Å². The van der Waals surface area contributed by atoms with Crippen molar-refractivity contribution in [1.29, 1.82) is 0 Å². The molecule has 4 heteroatoms. The van der Waals surface area contributed by atoms with Gasteiger partial charge in [-0.2, -0.15) is 0 Å². The highest BCUT2D eigenvalue weighted by Gasteiger charge is 2.34. The molecule has 2 rings (SSSR count). The van der Waals surface area contributed by atoms with Crippen molar-refractivity contribution in [3.05, 3.63) is 17.6 Å². The van der Waals surface area contributed by atoms with Crippen molar-refractivity contribution in [3.63, 3.8) is 0 Å². The fourth-order valence-corrected chi connectivity index (χ4v) is 2.92. The van der Waals surface area contributed by atoms with Gasteiger partial charge in [-0.05, 0) is 38.1 Å². The van der Waals surface area contributed by atoms with Gasteiger partial charge in [0.1, 0.15) is 11.6 Å². The lowest BCUT2D eigenvalue weighted by Gasteiger charge is -2.26. The Bertz CT molecular complexity index is 392. The molecular weight excluding hydrogens is 224 g/mol. The maximum absolute atomic E-state index is 5.77. The van der Waals surface area contributed by atoms with Crippen LogP contribution in [0.3, 0.4) is 0 Å². The molecule has 1 aromatic heterocycles. The van der Waals surface area contributed by atoms with Crippen molar-refractivity contribution in [2.24, 2.45) is 5.41 Å². The van der Waals surface area contributed by atoms with Crippen LogP contribution in [-0.4, -0.2) is 28.0 Å². The number of nitrogens with zero attached hydrogens (tertiary/aromatic N) is 3. The maximum atomic E-state index is 5.77. The van der Waals surface area contributed by atoms with Crippen LogP contribution in [0.4, 0.5) is 5.82 Å². The van der Waals surface area contributed by atoms with E-state index < -0.39 is 0 Å². The van der Waals surface area contributed by atoms with Gasteiger partial charge in [-0.3, -0.25) is 4.90 Å². The lowest BCUT2D eigenvalue weighted by Crippen LogP contribution is -2.27. The number of likely N-dealkylation sites (tertiary alicyclic amines) is 1. The molecular formula is C14H24N4. The number of hydrogen-bond donors (Lipinski definition) is 1. The average molecular weight is 248 g/mol. The zero-order valence-electron chi connectivity index (χ0n) is 11.7. The summed E-state index contributed by atoms with van der Waals surface area (Å²) in [5.74, 6) is 1.43. The lowest BCUT2D eigenvalue weighted by molar-refractivity contribution is 0.233. The Morgan fingerprint density at radius 2 is 2.06 bits per heavy atom. The fourth-order valence-electron chi connectivity index (χ4n) is 2.92. The van der Waals surface area contributed by atoms with Gasteiger partial charge >= 0.3 is 0 Å². The zero-order chi connectivity index (χ0) is 13.2. The number of rotatable bonds is 4. The zero-order valence-corrected chi connectivity index (χ0v) is 11.7. The highest BCUT2D eigenvalue weighted by molar-refractivity contribution is 5.29. The average Bonchev–Trinajstić information content (AvgIpc) is 2.72. The molecule has 2 heterocycles. The van der Waals surface area contributed by atoms with E-state index in [1.54, 1.807) is 0 Å². The number of anilines is 1. The number of aryl methyl sites for hydroxylation is 1. The molecule has 100 valence electrons. The molecule has 0 atom stereocenters. The second-order valence-electron chi connectivity index (χ2n) is 5.52. The summed E-state index contributed by atoms with van der Waals surface area (Å²) in [6.45, 7) is 9.71. The van der Waals surface area contributed by atoms with Crippen molar-refractivity contribution in [1.82, 2.24) is 14.9 Å². The van der Waals surface area contributed by atoms with Crippen LogP contribution in [0.2, 0.25) is 0 Å². The van der Waals surface area contributed by atoms with E-state index in [0.717, 1.165) is 31.2 Å². The van der Waals surface area contributed by atoms with Gasteiger partial charge in [0, 0.05) is 18.3 Å². The normalized spacial score (nSPS) is 19.3. The second-order valence-corrected chi connectivity index (χ2v) is 5.52. The molecule has 18 heavy (non-hydrogen) atoms. The Morgan fingerprint density at radius 3 is 2.61 bits per heavy atom. The number of hydrogen-bond acceptors (Lipinski definition) is 4. The summed E-state index contributed by atoms with van der Waals surface area (Å²) in [4.78, 5) is 11.2. The standard InChI is InChI=1S/C14H24N4/c1-4-14(5-2)6-7-18(10-14)9-13-16-11(3)8-12(15)17-13/h8H,4-7,9-10H2,1-3H3,(H2,15,16,17). The SMILES string of the molecule is CCC1(CC)CCN(Cc2nc(C)cc(N)n2)C1. The Morgan fingerprint density at radius 1 is 1.33 bits per heavy atom. The fraction of sp³-hybridized carbons (Fsp3) is 0.714. The number of nitrogen functional groups attached to an aromatic ring is 1. The molecule has 0 saturated carbocycles. The van der Waals surface area contributed by atoms with Gasteiger partial charge in [0.25, 0.3) is 0 Å². The van der Waals surface area contributed by atoms with Crippen molar-refractivity contribution in [3.8, 4) is 0 Å². The van der Waals surface area contributed by atoms with Crippen molar-refractivity contribution >= 4 is 5.82 Å². The molecule has 0 bridgehead atoms. The van der Waals surface area contributed by atoms with Gasteiger partial charge in [0.05, 0.1) is 6.54 Å². The van der Waals surface area contributed by atoms with Gasteiger partial charge < -0.3 is 5.73 Å². The third-order valence-electron chi connectivity index (χ3n) is 4.30. The molecule has 1 aromatic rings. The van der Waals surface area contributed by atoms with Crippen LogP contribution in [-0.2, 0) is 6.54 Å². The topological polar surface area (TPSA) is 55.0 Å². The Hall–Kier alpha value is -1.16. The van der Waals surface area contributed by atoms with Gasteiger partial charge in [-0.15, -0.1) is 0 Å². The lowest BCUT2D eigenvalue weighted by atomic mass is 9.82. The van der Waals surface area contributed by atoms with Crippen molar-refractivity contribution in [2.75, 3.05) is 18.8 Å². The van der Waals surface area contributed by atoms with Crippen LogP contribution in [0.15, 0.2) is 6.07 Å². The summed E-state index contributed by atoms with van der Waals surface area (Å²) < 4.78 is 0. The Kier molecular flexibility index (Phi) is 3.85. The quantitative estimate of drug-likeness (QED) is 0.889. The smallest absolute Gasteiger partial charge is 0.144 e. The summed E-state index contributed by atoms with van der Waals surface area (Å²) >= 11 is 0. The first-order valence-corrected chi connectivity index (χ1v) is 6.89. The van der Waals surface area contributed by atoms with Gasteiger partial charge in [0.15, 0.2) is 0 Å². The third kappa shape index (κ3) is 2.80. The summed E-state index contributed by atoms with van der Waals surface area (Å²) in [6.07, 6.45) is 3.81. The number of nitrogens with two attached hydrogens (primary N) is 1. The van der Waals surface area contributed by atoms with E-state index >= 15 is 0 Å². The first kappa shape index (κ1) is 13.3. The van der Waals surface area contributed by atoms with Crippen LogP contribution in [0.5, 0.6) is 0 Å². The predicted molar refractivity (Wildman–Crippen MR) is 74.1 cm³/mol. The van der Waals surface area contributed by atoms with Crippen molar-refractivity contribution in [2.45, 2.75) is 46.6 Å². The van der Waals surface area contributed by atoms with Gasteiger partial charge in [-0.25, -0.2) is 9.97 Å². The molecule has 1 fully saturated rings.